The van der Waals surface area contributed by atoms with Crippen molar-refractivity contribution in [3.63, 3.8) is 0 Å². The molecule has 5 heteroatoms. The quantitative estimate of drug-likeness (QED) is 0.453. The van der Waals surface area contributed by atoms with Crippen LogP contribution in [0.1, 0.15) is 35.1 Å². The summed E-state index contributed by atoms with van der Waals surface area (Å²) in [7, 11) is 0. The van der Waals surface area contributed by atoms with Gasteiger partial charge >= 0.3 is 0 Å². The van der Waals surface area contributed by atoms with Gasteiger partial charge in [0.15, 0.2) is 0 Å². The van der Waals surface area contributed by atoms with Gasteiger partial charge in [-0.2, -0.15) is 0 Å². The maximum Gasteiger partial charge on any atom is 0.275 e. The number of hydrogen-bond donors (Lipinski definition) is 1. The molecule has 0 radical (unpaired) electrons. The smallest absolute Gasteiger partial charge is 0.275 e. The summed E-state index contributed by atoms with van der Waals surface area (Å²) in [6, 6.07) is 11.3. The average Bonchev–Trinajstić information content (AvgIpc) is 3.05. The van der Waals surface area contributed by atoms with Crippen molar-refractivity contribution in [3.8, 4) is 0 Å². The fraction of sp³-hybridized carbons (Fsp3) is 0.263. The van der Waals surface area contributed by atoms with Gasteiger partial charge < -0.3 is 5.32 Å². The van der Waals surface area contributed by atoms with Crippen LogP contribution in [-0.2, 0) is 0 Å². The number of anilines is 1. The lowest BCUT2D eigenvalue weighted by molar-refractivity contribution is -0.385. The van der Waals surface area contributed by atoms with E-state index in [4.69, 9.17) is 11.6 Å². The van der Waals surface area contributed by atoms with Gasteiger partial charge in [0.1, 0.15) is 0 Å². The molecule has 24 heavy (non-hydrogen) atoms. The van der Waals surface area contributed by atoms with E-state index in [0.717, 1.165) is 33.8 Å². The van der Waals surface area contributed by atoms with Crippen molar-refractivity contribution in [1.29, 1.82) is 0 Å². The van der Waals surface area contributed by atoms with Gasteiger partial charge in [-0.25, -0.2) is 0 Å². The third-order valence-electron chi connectivity index (χ3n) is 5.14. The third kappa shape index (κ3) is 2.21. The summed E-state index contributed by atoms with van der Waals surface area (Å²) >= 11 is 6.43. The highest BCUT2D eigenvalue weighted by Crippen LogP contribution is 2.53. The minimum absolute atomic E-state index is 0.0443. The topological polar surface area (TPSA) is 55.2 Å². The second-order valence-electron chi connectivity index (χ2n) is 6.44. The van der Waals surface area contributed by atoms with Crippen LogP contribution in [0.25, 0.3) is 0 Å². The summed E-state index contributed by atoms with van der Waals surface area (Å²) in [5.74, 6) is 0.278. The summed E-state index contributed by atoms with van der Waals surface area (Å²) in [5.41, 5.74) is 3.95. The van der Waals surface area contributed by atoms with E-state index in [1.165, 1.54) is 0 Å². The molecule has 3 unspecified atom stereocenters. The number of halogens is 1. The Bertz CT molecular complexity index is 862. The first-order valence-corrected chi connectivity index (χ1v) is 8.41. The molecule has 0 amide bonds. The molecule has 2 aliphatic rings. The van der Waals surface area contributed by atoms with Crippen molar-refractivity contribution in [2.24, 2.45) is 5.92 Å². The van der Waals surface area contributed by atoms with Crippen LogP contribution in [0.2, 0.25) is 5.02 Å². The van der Waals surface area contributed by atoms with Crippen LogP contribution >= 0.6 is 11.6 Å². The highest BCUT2D eigenvalue weighted by molar-refractivity contribution is 6.31. The zero-order chi connectivity index (χ0) is 16.8. The van der Waals surface area contributed by atoms with Crippen molar-refractivity contribution in [2.45, 2.75) is 25.3 Å². The van der Waals surface area contributed by atoms with Crippen LogP contribution in [0.15, 0.2) is 48.6 Å². The first-order chi connectivity index (χ1) is 11.6. The zero-order valence-electron chi connectivity index (χ0n) is 13.2. The molecule has 1 aliphatic carbocycles. The summed E-state index contributed by atoms with van der Waals surface area (Å²) in [6.45, 7) is 1.98. The van der Waals surface area contributed by atoms with Crippen molar-refractivity contribution in [1.82, 2.24) is 0 Å². The Hall–Kier alpha value is -2.33. The van der Waals surface area contributed by atoms with Crippen LogP contribution in [-0.4, -0.2) is 4.92 Å². The van der Waals surface area contributed by atoms with E-state index in [1.54, 1.807) is 6.07 Å². The molecule has 3 atom stereocenters. The summed E-state index contributed by atoms with van der Waals surface area (Å²) in [4.78, 5) is 11.2. The molecule has 2 aromatic rings. The van der Waals surface area contributed by atoms with Crippen molar-refractivity contribution < 1.29 is 4.92 Å². The number of nitrogens with one attached hydrogen (secondary N) is 1. The van der Waals surface area contributed by atoms with E-state index in [1.807, 2.05) is 37.3 Å². The Labute approximate surface area is 145 Å². The molecule has 0 spiro atoms. The SMILES string of the molecule is Cc1ccc([N+](=O)[O-])c2c1NC(c1ccccc1Cl)C1CC=CC21. The Morgan fingerprint density at radius 1 is 1.25 bits per heavy atom. The lowest BCUT2D eigenvalue weighted by Crippen LogP contribution is -2.30. The van der Waals surface area contributed by atoms with Crippen LogP contribution < -0.4 is 5.32 Å². The molecule has 0 saturated heterocycles. The molecule has 1 heterocycles. The molecule has 4 nitrogen and oxygen atoms in total. The predicted octanol–water partition coefficient (Wildman–Crippen LogP) is 5.38. The monoisotopic (exact) mass is 340 g/mol. The van der Waals surface area contributed by atoms with Crippen molar-refractivity contribution in [3.05, 3.63) is 80.4 Å². The van der Waals surface area contributed by atoms with E-state index in [9.17, 15) is 10.1 Å². The van der Waals surface area contributed by atoms with Gasteiger partial charge in [0.05, 0.1) is 16.5 Å². The lowest BCUT2D eigenvalue weighted by atomic mass is 9.75. The van der Waals surface area contributed by atoms with E-state index >= 15 is 0 Å². The van der Waals surface area contributed by atoms with E-state index in [2.05, 4.69) is 17.5 Å². The summed E-state index contributed by atoms with van der Waals surface area (Å²) in [6.07, 6.45) is 5.13. The standard InChI is InChI=1S/C19H17ClN2O2/c1-11-9-10-16(22(23)24)17-12-6-4-7-13(12)19(21-18(11)17)14-5-2-3-8-15(14)20/h2-6,8-10,12-13,19,21H,7H2,1H3. The van der Waals surface area contributed by atoms with E-state index in [0.29, 0.717) is 0 Å². The number of benzene rings is 2. The number of nitrogens with zero attached hydrogens (tertiary/aromatic N) is 1. The molecule has 1 aliphatic heterocycles. The van der Waals surface area contributed by atoms with E-state index in [-0.39, 0.29) is 28.5 Å². The number of nitro groups is 1. The fourth-order valence-corrected chi connectivity index (χ4v) is 4.28. The summed E-state index contributed by atoms with van der Waals surface area (Å²) in [5, 5.41) is 15.8. The largest absolute Gasteiger partial charge is 0.377 e. The Morgan fingerprint density at radius 3 is 2.79 bits per heavy atom. The predicted molar refractivity (Wildman–Crippen MR) is 95.6 cm³/mol. The third-order valence-corrected chi connectivity index (χ3v) is 5.49. The van der Waals surface area contributed by atoms with Crippen molar-refractivity contribution >= 4 is 23.0 Å². The summed E-state index contributed by atoms with van der Waals surface area (Å²) < 4.78 is 0. The zero-order valence-corrected chi connectivity index (χ0v) is 14.0. The first-order valence-electron chi connectivity index (χ1n) is 8.03. The van der Waals surface area contributed by atoms with Gasteiger partial charge in [-0.3, -0.25) is 10.1 Å². The fourth-order valence-electron chi connectivity index (χ4n) is 4.03. The van der Waals surface area contributed by atoms with E-state index < -0.39 is 0 Å². The van der Waals surface area contributed by atoms with Gasteiger partial charge in [0, 0.05) is 22.7 Å². The van der Waals surface area contributed by atoms with Gasteiger partial charge in [-0.15, -0.1) is 0 Å². The number of hydrogen-bond acceptors (Lipinski definition) is 3. The first kappa shape index (κ1) is 15.2. The second-order valence-corrected chi connectivity index (χ2v) is 6.85. The molecule has 4 rings (SSSR count). The molecule has 0 aromatic heterocycles. The normalized spacial score (nSPS) is 24.2. The molecule has 122 valence electrons. The highest BCUT2D eigenvalue weighted by Gasteiger charge is 2.42. The van der Waals surface area contributed by atoms with Crippen LogP contribution in [0.4, 0.5) is 11.4 Å². The number of rotatable bonds is 2. The molecule has 1 N–H and O–H groups in total. The van der Waals surface area contributed by atoms with Crippen molar-refractivity contribution in [2.75, 3.05) is 5.32 Å². The lowest BCUT2D eigenvalue weighted by Gasteiger charge is -2.38. The molecular formula is C19H17ClN2O2. The highest BCUT2D eigenvalue weighted by atomic mass is 35.5. The Kier molecular flexibility index (Phi) is 3.57. The number of allylic oxidation sites excluding steroid dienone is 2. The minimum Gasteiger partial charge on any atom is -0.377 e. The van der Waals surface area contributed by atoms with Crippen LogP contribution in [0.3, 0.4) is 0 Å². The Balaban J connectivity index is 1.90. The van der Waals surface area contributed by atoms with Gasteiger partial charge in [-0.1, -0.05) is 48.0 Å². The number of fused-ring (bicyclic) bond motifs is 3. The molecular weight excluding hydrogens is 324 g/mol. The van der Waals surface area contributed by atoms with Crippen LogP contribution in [0, 0.1) is 23.0 Å². The molecule has 0 saturated carbocycles. The maximum atomic E-state index is 11.5. The van der Waals surface area contributed by atoms with Crippen LogP contribution in [0.5, 0.6) is 0 Å². The minimum atomic E-state index is -0.279. The maximum absolute atomic E-state index is 11.5. The molecule has 0 bridgehead atoms. The average molecular weight is 341 g/mol. The number of nitro benzene ring substituents is 1. The second kappa shape index (κ2) is 5.64. The van der Waals surface area contributed by atoms with Gasteiger partial charge in [-0.05, 0) is 36.5 Å². The van der Waals surface area contributed by atoms with Gasteiger partial charge in [0.25, 0.3) is 5.69 Å². The Morgan fingerprint density at radius 2 is 2.04 bits per heavy atom. The molecule has 2 aromatic carbocycles. The van der Waals surface area contributed by atoms with Gasteiger partial charge in [0.2, 0.25) is 0 Å². The number of aryl methyl sites for hydroxylation is 1. The molecule has 0 fully saturated rings.